The highest BCUT2D eigenvalue weighted by molar-refractivity contribution is 5.86. The summed E-state index contributed by atoms with van der Waals surface area (Å²) in [4.78, 5) is 24.4. The fraction of sp³-hybridized carbons (Fsp3) is 0.778. The molecular formula is C9H17N3O2. The molecule has 1 fully saturated rings. The Hall–Kier alpha value is -1.26. The Bertz CT molecular complexity index is 224. The zero-order valence-electron chi connectivity index (χ0n) is 8.67. The van der Waals surface area contributed by atoms with E-state index in [2.05, 4.69) is 10.6 Å². The highest BCUT2D eigenvalue weighted by atomic mass is 16.2. The Kier molecular flexibility index (Phi) is 3.73. The molecular weight excluding hydrogens is 182 g/mol. The summed E-state index contributed by atoms with van der Waals surface area (Å²) in [5.41, 5.74) is 0. The number of rotatable bonds is 2. The molecule has 80 valence electrons. The van der Waals surface area contributed by atoms with Gasteiger partial charge in [-0.05, 0) is 19.8 Å². The molecule has 1 atom stereocenters. The van der Waals surface area contributed by atoms with E-state index in [-0.39, 0.29) is 11.9 Å². The van der Waals surface area contributed by atoms with E-state index in [1.807, 2.05) is 0 Å². The van der Waals surface area contributed by atoms with Gasteiger partial charge >= 0.3 is 6.03 Å². The van der Waals surface area contributed by atoms with Crippen molar-refractivity contribution in [2.45, 2.75) is 25.8 Å². The minimum atomic E-state index is -0.465. The molecule has 1 rings (SSSR count). The molecule has 1 heterocycles. The summed E-state index contributed by atoms with van der Waals surface area (Å²) in [6, 6.07) is -0.605. The van der Waals surface area contributed by atoms with Gasteiger partial charge in [-0.2, -0.15) is 0 Å². The molecule has 14 heavy (non-hydrogen) atoms. The van der Waals surface area contributed by atoms with Crippen molar-refractivity contribution in [3.05, 3.63) is 0 Å². The van der Waals surface area contributed by atoms with Crippen LogP contribution in [0, 0.1) is 0 Å². The molecule has 1 aliphatic heterocycles. The predicted molar refractivity (Wildman–Crippen MR) is 52.9 cm³/mol. The molecule has 0 radical (unpaired) electrons. The summed E-state index contributed by atoms with van der Waals surface area (Å²) in [5, 5.41) is 5.14. The van der Waals surface area contributed by atoms with Crippen LogP contribution < -0.4 is 10.6 Å². The maximum atomic E-state index is 11.5. The summed E-state index contributed by atoms with van der Waals surface area (Å²) in [5.74, 6) is -0.169. The number of likely N-dealkylation sites (N-methyl/N-ethyl adjacent to an activating group) is 1. The molecule has 0 aromatic rings. The average Bonchev–Trinajstić information content (AvgIpc) is 2.69. The van der Waals surface area contributed by atoms with Crippen molar-refractivity contribution >= 4 is 11.9 Å². The van der Waals surface area contributed by atoms with Crippen molar-refractivity contribution in [2.24, 2.45) is 0 Å². The largest absolute Gasteiger partial charge is 0.357 e. The number of carbonyl (C=O) groups excluding carboxylic acids is 2. The topological polar surface area (TPSA) is 61.4 Å². The van der Waals surface area contributed by atoms with Gasteiger partial charge in [0, 0.05) is 20.1 Å². The second kappa shape index (κ2) is 4.83. The SMILES string of the molecule is CNC(=O)C(C)NC(=O)N1CCCC1. The third kappa shape index (κ3) is 2.61. The van der Waals surface area contributed by atoms with Gasteiger partial charge in [0.1, 0.15) is 6.04 Å². The Morgan fingerprint density at radius 1 is 1.29 bits per heavy atom. The highest BCUT2D eigenvalue weighted by Gasteiger charge is 2.21. The number of likely N-dealkylation sites (tertiary alicyclic amines) is 1. The summed E-state index contributed by atoms with van der Waals surface area (Å²) < 4.78 is 0. The molecule has 1 saturated heterocycles. The van der Waals surface area contributed by atoms with Crippen LogP contribution in [0.2, 0.25) is 0 Å². The molecule has 0 spiro atoms. The Labute approximate surface area is 83.8 Å². The Balaban J connectivity index is 2.35. The van der Waals surface area contributed by atoms with Crippen LogP contribution in [0.25, 0.3) is 0 Å². The van der Waals surface area contributed by atoms with Gasteiger partial charge in [-0.15, -0.1) is 0 Å². The lowest BCUT2D eigenvalue weighted by Gasteiger charge is -2.19. The van der Waals surface area contributed by atoms with Crippen molar-refractivity contribution in [2.75, 3.05) is 20.1 Å². The molecule has 5 nitrogen and oxygen atoms in total. The summed E-state index contributed by atoms with van der Waals surface area (Å²) >= 11 is 0. The van der Waals surface area contributed by atoms with Crippen LogP contribution in [0.15, 0.2) is 0 Å². The molecule has 2 N–H and O–H groups in total. The van der Waals surface area contributed by atoms with Gasteiger partial charge in [0.25, 0.3) is 0 Å². The van der Waals surface area contributed by atoms with Crippen LogP contribution >= 0.6 is 0 Å². The molecule has 0 aliphatic carbocycles. The highest BCUT2D eigenvalue weighted by Crippen LogP contribution is 2.07. The lowest BCUT2D eigenvalue weighted by molar-refractivity contribution is -0.122. The molecule has 0 saturated carbocycles. The van der Waals surface area contributed by atoms with E-state index in [1.165, 1.54) is 0 Å². The number of nitrogens with one attached hydrogen (secondary N) is 2. The molecule has 1 aliphatic rings. The lowest BCUT2D eigenvalue weighted by Crippen LogP contribution is -2.48. The van der Waals surface area contributed by atoms with Crippen LogP contribution in [0.5, 0.6) is 0 Å². The number of urea groups is 1. The fourth-order valence-electron chi connectivity index (χ4n) is 1.48. The number of amides is 3. The monoisotopic (exact) mass is 199 g/mol. The van der Waals surface area contributed by atoms with Crippen molar-refractivity contribution in [3.8, 4) is 0 Å². The van der Waals surface area contributed by atoms with Gasteiger partial charge in [0.05, 0.1) is 0 Å². The van der Waals surface area contributed by atoms with E-state index in [0.29, 0.717) is 0 Å². The molecule has 3 amide bonds. The first-order chi connectivity index (χ1) is 6.65. The quantitative estimate of drug-likeness (QED) is 0.653. The van der Waals surface area contributed by atoms with Crippen LogP contribution in [0.3, 0.4) is 0 Å². The van der Waals surface area contributed by atoms with E-state index in [9.17, 15) is 9.59 Å². The molecule has 0 aromatic carbocycles. The summed E-state index contributed by atoms with van der Waals surface area (Å²) in [7, 11) is 1.56. The maximum absolute atomic E-state index is 11.5. The Morgan fingerprint density at radius 3 is 2.36 bits per heavy atom. The summed E-state index contributed by atoms with van der Waals surface area (Å²) in [6.07, 6.45) is 2.11. The second-order valence-electron chi connectivity index (χ2n) is 3.48. The van der Waals surface area contributed by atoms with Crippen molar-refractivity contribution < 1.29 is 9.59 Å². The third-order valence-electron chi connectivity index (χ3n) is 2.37. The van der Waals surface area contributed by atoms with Gasteiger partial charge < -0.3 is 15.5 Å². The first kappa shape index (κ1) is 10.8. The van der Waals surface area contributed by atoms with Crippen LogP contribution in [0.1, 0.15) is 19.8 Å². The number of hydrogen-bond acceptors (Lipinski definition) is 2. The standard InChI is InChI=1S/C9H17N3O2/c1-7(8(13)10-2)11-9(14)12-5-3-4-6-12/h7H,3-6H2,1-2H3,(H,10,13)(H,11,14). The minimum absolute atomic E-state index is 0.140. The zero-order chi connectivity index (χ0) is 10.6. The molecule has 0 bridgehead atoms. The summed E-state index contributed by atoms with van der Waals surface area (Å²) in [6.45, 7) is 3.27. The first-order valence-corrected chi connectivity index (χ1v) is 4.92. The van der Waals surface area contributed by atoms with Gasteiger partial charge in [-0.25, -0.2) is 4.79 Å². The van der Waals surface area contributed by atoms with Gasteiger partial charge in [0.15, 0.2) is 0 Å². The van der Waals surface area contributed by atoms with E-state index in [1.54, 1.807) is 18.9 Å². The average molecular weight is 199 g/mol. The molecule has 5 heteroatoms. The maximum Gasteiger partial charge on any atom is 0.318 e. The van der Waals surface area contributed by atoms with Crippen molar-refractivity contribution in [1.29, 1.82) is 0 Å². The van der Waals surface area contributed by atoms with Crippen LogP contribution in [-0.2, 0) is 4.79 Å². The van der Waals surface area contributed by atoms with E-state index in [4.69, 9.17) is 0 Å². The van der Waals surface area contributed by atoms with Crippen LogP contribution in [-0.4, -0.2) is 43.0 Å². The molecule has 1 unspecified atom stereocenters. The number of hydrogen-bond donors (Lipinski definition) is 2. The van der Waals surface area contributed by atoms with Crippen molar-refractivity contribution in [1.82, 2.24) is 15.5 Å². The van der Waals surface area contributed by atoms with Crippen LogP contribution in [0.4, 0.5) is 4.79 Å². The van der Waals surface area contributed by atoms with E-state index in [0.717, 1.165) is 25.9 Å². The van der Waals surface area contributed by atoms with Gasteiger partial charge in [-0.1, -0.05) is 0 Å². The van der Waals surface area contributed by atoms with E-state index >= 15 is 0 Å². The van der Waals surface area contributed by atoms with E-state index < -0.39 is 6.04 Å². The minimum Gasteiger partial charge on any atom is -0.357 e. The Morgan fingerprint density at radius 2 is 1.86 bits per heavy atom. The second-order valence-corrected chi connectivity index (χ2v) is 3.48. The normalized spacial score (nSPS) is 17.7. The van der Waals surface area contributed by atoms with Crippen molar-refractivity contribution in [3.63, 3.8) is 0 Å². The fourth-order valence-corrected chi connectivity index (χ4v) is 1.48. The number of nitrogens with zero attached hydrogens (tertiary/aromatic N) is 1. The zero-order valence-corrected chi connectivity index (χ0v) is 8.67. The van der Waals surface area contributed by atoms with Gasteiger partial charge in [-0.3, -0.25) is 4.79 Å². The third-order valence-corrected chi connectivity index (χ3v) is 2.37. The molecule has 0 aromatic heterocycles. The predicted octanol–water partition coefficient (Wildman–Crippen LogP) is -0.0737. The smallest absolute Gasteiger partial charge is 0.318 e. The number of carbonyl (C=O) groups is 2. The van der Waals surface area contributed by atoms with Gasteiger partial charge in [0.2, 0.25) is 5.91 Å². The lowest BCUT2D eigenvalue weighted by atomic mass is 10.3. The first-order valence-electron chi connectivity index (χ1n) is 4.92.